The molecule has 0 aromatic heterocycles. The third-order valence-electron chi connectivity index (χ3n) is 2.91. The van der Waals surface area contributed by atoms with Crippen molar-refractivity contribution in [3.8, 4) is 0 Å². The topological polar surface area (TPSA) is 32.3 Å². The molecule has 0 spiro atoms. The van der Waals surface area contributed by atoms with Crippen molar-refractivity contribution in [2.75, 3.05) is 6.54 Å². The Balaban J connectivity index is 2.19. The smallest absolute Gasteiger partial charge is 0.0636 e. The minimum absolute atomic E-state index is 0.265. The number of benzene rings is 1. The van der Waals surface area contributed by atoms with E-state index >= 15 is 0 Å². The van der Waals surface area contributed by atoms with Crippen LogP contribution in [0.1, 0.15) is 30.5 Å². The van der Waals surface area contributed by atoms with Crippen LogP contribution in [-0.2, 0) is 6.42 Å². The summed E-state index contributed by atoms with van der Waals surface area (Å²) < 4.78 is 0. The van der Waals surface area contributed by atoms with Crippen molar-refractivity contribution in [2.24, 2.45) is 0 Å². The zero-order valence-electron chi connectivity index (χ0n) is 9.13. The minimum atomic E-state index is -0.335. The largest absolute Gasteiger partial charge is 0.392 e. The van der Waals surface area contributed by atoms with Crippen LogP contribution in [0, 0.1) is 0 Å². The SMILES string of the molecule is C[C@H](O)CNC1CCc2c(Cl)cc(Cl)cc21. The molecule has 1 aliphatic rings. The van der Waals surface area contributed by atoms with Crippen molar-refractivity contribution in [3.63, 3.8) is 0 Å². The Kier molecular flexibility index (Phi) is 3.75. The van der Waals surface area contributed by atoms with E-state index in [2.05, 4.69) is 5.32 Å². The molecule has 2 N–H and O–H groups in total. The summed E-state index contributed by atoms with van der Waals surface area (Å²) in [6.07, 6.45) is 1.66. The van der Waals surface area contributed by atoms with Crippen LogP contribution in [0.25, 0.3) is 0 Å². The lowest BCUT2D eigenvalue weighted by atomic mass is 10.1. The van der Waals surface area contributed by atoms with Crippen LogP contribution in [0.3, 0.4) is 0 Å². The van der Waals surface area contributed by atoms with Crippen LogP contribution in [-0.4, -0.2) is 17.8 Å². The Morgan fingerprint density at radius 3 is 2.94 bits per heavy atom. The summed E-state index contributed by atoms with van der Waals surface area (Å²) in [5, 5.41) is 14.0. The molecule has 2 rings (SSSR count). The van der Waals surface area contributed by atoms with E-state index in [0.29, 0.717) is 11.6 Å². The molecule has 2 atom stereocenters. The molecule has 0 saturated carbocycles. The first-order chi connectivity index (χ1) is 7.58. The summed E-state index contributed by atoms with van der Waals surface area (Å²) in [6.45, 7) is 2.36. The predicted molar refractivity (Wildman–Crippen MR) is 67.2 cm³/mol. The maximum atomic E-state index is 9.26. The Labute approximate surface area is 106 Å². The highest BCUT2D eigenvalue weighted by Crippen LogP contribution is 2.37. The second-order valence-corrected chi connectivity index (χ2v) is 5.15. The molecule has 0 bridgehead atoms. The van der Waals surface area contributed by atoms with Crippen LogP contribution in [0.4, 0.5) is 0 Å². The standard InChI is InChI=1S/C12H15Cl2NO/c1-7(16)6-15-12-3-2-9-10(12)4-8(13)5-11(9)14/h4-5,7,12,15-16H,2-3,6H2,1H3/t7-,12?/m0/s1. The third kappa shape index (κ3) is 2.51. The van der Waals surface area contributed by atoms with Gasteiger partial charge in [-0.25, -0.2) is 0 Å². The second-order valence-electron chi connectivity index (χ2n) is 4.30. The van der Waals surface area contributed by atoms with Gasteiger partial charge in [0.1, 0.15) is 0 Å². The highest BCUT2D eigenvalue weighted by atomic mass is 35.5. The lowest BCUT2D eigenvalue weighted by molar-refractivity contribution is 0.186. The Morgan fingerprint density at radius 1 is 1.50 bits per heavy atom. The molecular weight excluding hydrogens is 245 g/mol. The number of rotatable bonds is 3. The van der Waals surface area contributed by atoms with Crippen LogP contribution < -0.4 is 5.32 Å². The summed E-state index contributed by atoms with van der Waals surface area (Å²) in [7, 11) is 0. The number of aliphatic hydroxyl groups excluding tert-OH is 1. The molecule has 0 aliphatic heterocycles. The number of hydrogen-bond acceptors (Lipinski definition) is 2. The number of halogens is 2. The van der Waals surface area contributed by atoms with Gasteiger partial charge in [-0.05, 0) is 43.0 Å². The normalized spacial score (nSPS) is 20.9. The number of fused-ring (bicyclic) bond motifs is 1. The predicted octanol–water partition coefficient (Wildman–Crippen LogP) is 2.95. The highest BCUT2D eigenvalue weighted by Gasteiger charge is 2.24. The fraction of sp³-hybridized carbons (Fsp3) is 0.500. The molecule has 0 radical (unpaired) electrons. The molecule has 1 aliphatic carbocycles. The molecule has 16 heavy (non-hydrogen) atoms. The molecule has 0 saturated heterocycles. The van der Waals surface area contributed by atoms with E-state index in [0.717, 1.165) is 17.9 Å². The number of aliphatic hydroxyl groups is 1. The molecule has 0 heterocycles. The van der Waals surface area contributed by atoms with Gasteiger partial charge in [-0.15, -0.1) is 0 Å². The maximum absolute atomic E-state index is 9.26. The molecule has 4 heteroatoms. The Hall–Kier alpha value is -0.280. The van der Waals surface area contributed by atoms with Crippen molar-refractivity contribution in [1.29, 1.82) is 0 Å². The third-order valence-corrected chi connectivity index (χ3v) is 3.47. The lowest BCUT2D eigenvalue weighted by Gasteiger charge is -2.15. The summed E-state index contributed by atoms with van der Waals surface area (Å²) in [4.78, 5) is 0. The first-order valence-corrected chi connectivity index (χ1v) is 6.23. The minimum Gasteiger partial charge on any atom is -0.392 e. The van der Waals surface area contributed by atoms with Gasteiger partial charge in [0.2, 0.25) is 0 Å². The van der Waals surface area contributed by atoms with Gasteiger partial charge in [0.15, 0.2) is 0 Å². The Morgan fingerprint density at radius 2 is 2.25 bits per heavy atom. The fourth-order valence-electron chi connectivity index (χ4n) is 2.17. The van der Waals surface area contributed by atoms with Crippen molar-refractivity contribution in [2.45, 2.75) is 31.9 Å². The molecule has 1 aromatic rings. The lowest BCUT2D eigenvalue weighted by Crippen LogP contribution is -2.27. The quantitative estimate of drug-likeness (QED) is 0.875. The molecule has 1 unspecified atom stereocenters. The average Bonchev–Trinajstić information content (AvgIpc) is 2.58. The van der Waals surface area contributed by atoms with E-state index in [9.17, 15) is 5.11 Å². The monoisotopic (exact) mass is 259 g/mol. The van der Waals surface area contributed by atoms with Crippen molar-refractivity contribution >= 4 is 23.2 Å². The summed E-state index contributed by atoms with van der Waals surface area (Å²) in [5.41, 5.74) is 2.37. The van der Waals surface area contributed by atoms with Crippen molar-refractivity contribution < 1.29 is 5.11 Å². The van der Waals surface area contributed by atoms with Gasteiger partial charge in [-0.2, -0.15) is 0 Å². The first-order valence-electron chi connectivity index (χ1n) is 5.47. The van der Waals surface area contributed by atoms with Crippen molar-refractivity contribution in [1.82, 2.24) is 5.32 Å². The van der Waals surface area contributed by atoms with Crippen LogP contribution in [0.15, 0.2) is 12.1 Å². The maximum Gasteiger partial charge on any atom is 0.0636 e. The second kappa shape index (κ2) is 4.92. The van der Waals surface area contributed by atoms with E-state index < -0.39 is 0 Å². The molecular formula is C12H15Cl2NO. The van der Waals surface area contributed by atoms with Crippen molar-refractivity contribution in [3.05, 3.63) is 33.3 Å². The first kappa shape index (κ1) is 12.2. The van der Waals surface area contributed by atoms with Gasteiger partial charge in [0, 0.05) is 22.6 Å². The van der Waals surface area contributed by atoms with Crippen LogP contribution in [0.5, 0.6) is 0 Å². The summed E-state index contributed by atoms with van der Waals surface area (Å²) >= 11 is 12.1. The molecule has 88 valence electrons. The van der Waals surface area contributed by atoms with Gasteiger partial charge in [0.25, 0.3) is 0 Å². The van der Waals surface area contributed by atoms with E-state index in [1.54, 1.807) is 13.0 Å². The van der Waals surface area contributed by atoms with Crippen LogP contribution >= 0.6 is 23.2 Å². The molecule has 1 aromatic carbocycles. The molecule has 0 amide bonds. The summed E-state index contributed by atoms with van der Waals surface area (Å²) in [5.74, 6) is 0. The highest BCUT2D eigenvalue weighted by molar-refractivity contribution is 6.35. The summed E-state index contributed by atoms with van der Waals surface area (Å²) in [6, 6.07) is 4.02. The number of nitrogens with one attached hydrogen (secondary N) is 1. The van der Waals surface area contributed by atoms with E-state index in [-0.39, 0.29) is 12.1 Å². The zero-order chi connectivity index (χ0) is 11.7. The van der Waals surface area contributed by atoms with Gasteiger partial charge >= 0.3 is 0 Å². The van der Waals surface area contributed by atoms with Crippen LogP contribution in [0.2, 0.25) is 10.0 Å². The number of hydrogen-bond donors (Lipinski definition) is 2. The van der Waals surface area contributed by atoms with Gasteiger partial charge < -0.3 is 10.4 Å². The van der Waals surface area contributed by atoms with E-state index in [1.807, 2.05) is 6.07 Å². The van der Waals surface area contributed by atoms with E-state index in [1.165, 1.54) is 11.1 Å². The zero-order valence-corrected chi connectivity index (χ0v) is 10.6. The Bertz CT molecular complexity index is 393. The van der Waals surface area contributed by atoms with Gasteiger partial charge in [-0.3, -0.25) is 0 Å². The van der Waals surface area contributed by atoms with Gasteiger partial charge in [0.05, 0.1) is 6.10 Å². The fourth-order valence-corrected chi connectivity index (χ4v) is 2.77. The molecule has 2 nitrogen and oxygen atoms in total. The average molecular weight is 260 g/mol. The molecule has 0 fully saturated rings. The van der Waals surface area contributed by atoms with Gasteiger partial charge in [-0.1, -0.05) is 23.2 Å². The van der Waals surface area contributed by atoms with E-state index in [4.69, 9.17) is 23.2 Å².